The number of aryl methyl sites for hydroxylation is 1. The lowest BCUT2D eigenvalue weighted by Gasteiger charge is -2.17. The molecule has 1 N–H and O–H groups in total. The molecule has 0 saturated heterocycles. The lowest BCUT2D eigenvalue weighted by atomic mass is 10.1. The number of aliphatic carboxylic acids is 1. The van der Waals surface area contributed by atoms with Crippen LogP contribution in [0.1, 0.15) is 24.0 Å². The highest BCUT2D eigenvalue weighted by Gasteiger charge is 2.15. The van der Waals surface area contributed by atoms with Gasteiger partial charge in [0, 0.05) is 37.3 Å². The highest BCUT2D eigenvalue weighted by atomic mass is 16.7. The number of fused-ring (bicyclic) bond motifs is 1. The lowest BCUT2D eigenvalue weighted by Crippen LogP contribution is -2.07. The van der Waals surface area contributed by atoms with Crippen LogP contribution < -0.4 is 0 Å². The van der Waals surface area contributed by atoms with Gasteiger partial charge in [0.15, 0.2) is 6.29 Å². The average Bonchev–Trinajstić information content (AvgIpc) is 2.46. The van der Waals surface area contributed by atoms with Crippen molar-refractivity contribution in [3.63, 3.8) is 0 Å². The normalized spacial score (nSPS) is 11.2. The summed E-state index contributed by atoms with van der Waals surface area (Å²) in [5.74, 6) is -0.837. The third-order valence-electron chi connectivity index (χ3n) is 3.08. The van der Waals surface area contributed by atoms with Crippen LogP contribution in [-0.2, 0) is 20.7 Å². The molecule has 0 aliphatic rings. The Kier molecular flexibility index (Phi) is 4.65. The topological polar surface area (TPSA) is 68.7 Å². The van der Waals surface area contributed by atoms with Crippen LogP contribution in [0.5, 0.6) is 0 Å². The summed E-state index contributed by atoms with van der Waals surface area (Å²) in [5, 5.41) is 9.73. The molecule has 0 bridgehead atoms. The molecule has 0 fully saturated rings. The molecule has 0 spiro atoms. The number of rotatable bonds is 6. The molecule has 5 nitrogen and oxygen atoms in total. The minimum atomic E-state index is -0.837. The number of ether oxygens (including phenoxy) is 2. The molecule has 20 heavy (non-hydrogen) atoms. The van der Waals surface area contributed by atoms with Gasteiger partial charge in [-0.25, -0.2) is 0 Å². The van der Waals surface area contributed by atoms with E-state index in [1.54, 1.807) is 14.2 Å². The molecular formula is C15H17NO4. The number of para-hydroxylation sites is 1. The van der Waals surface area contributed by atoms with Gasteiger partial charge >= 0.3 is 5.97 Å². The zero-order chi connectivity index (χ0) is 14.5. The standard InChI is InChI=1S/C15H17NO4/c1-19-15(20-2)12-9-10(7-8-14(17)18)16-13-6-4-3-5-11(12)13/h3-6,9,15H,7-8H2,1-2H3,(H,17,18). The van der Waals surface area contributed by atoms with E-state index < -0.39 is 12.3 Å². The van der Waals surface area contributed by atoms with Crippen molar-refractivity contribution < 1.29 is 19.4 Å². The maximum atomic E-state index is 10.7. The van der Waals surface area contributed by atoms with E-state index in [1.807, 2.05) is 30.3 Å². The van der Waals surface area contributed by atoms with Crippen molar-refractivity contribution in [1.29, 1.82) is 0 Å². The Labute approximate surface area is 117 Å². The first-order chi connectivity index (χ1) is 9.65. The summed E-state index contributed by atoms with van der Waals surface area (Å²) >= 11 is 0. The first kappa shape index (κ1) is 14.4. The first-order valence-corrected chi connectivity index (χ1v) is 6.31. The molecule has 0 unspecified atom stereocenters. The molecule has 0 saturated carbocycles. The van der Waals surface area contributed by atoms with Gasteiger partial charge < -0.3 is 14.6 Å². The van der Waals surface area contributed by atoms with Gasteiger partial charge in [0.25, 0.3) is 0 Å². The predicted molar refractivity (Wildman–Crippen MR) is 74.5 cm³/mol. The van der Waals surface area contributed by atoms with Gasteiger partial charge in [0.05, 0.1) is 11.9 Å². The Hall–Kier alpha value is -1.98. The van der Waals surface area contributed by atoms with E-state index in [-0.39, 0.29) is 6.42 Å². The molecule has 1 aromatic carbocycles. The van der Waals surface area contributed by atoms with Crippen molar-refractivity contribution >= 4 is 16.9 Å². The van der Waals surface area contributed by atoms with Crippen LogP contribution in [0.4, 0.5) is 0 Å². The number of carboxylic acid groups (broad SMARTS) is 1. The number of pyridine rings is 1. The molecule has 2 aromatic rings. The molecule has 0 radical (unpaired) electrons. The van der Waals surface area contributed by atoms with Crippen LogP contribution in [0.3, 0.4) is 0 Å². The van der Waals surface area contributed by atoms with Gasteiger partial charge in [0.1, 0.15) is 0 Å². The SMILES string of the molecule is COC(OC)c1cc(CCC(=O)O)nc2ccccc12. The van der Waals surface area contributed by atoms with E-state index in [4.69, 9.17) is 14.6 Å². The molecule has 0 atom stereocenters. The van der Waals surface area contributed by atoms with E-state index in [1.165, 1.54) is 0 Å². The molecule has 2 rings (SSSR count). The van der Waals surface area contributed by atoms with E-state index >= 15 is 0 Å². The molecule has 5 heteroatoms. The van der Waals surface area contributed by atoms with Gasteiger partial charge in [-0.05, 0) is 12.1 Å². The maximum Gasteiger partial charge on any atom is 0.303 e. The maximum absolute atomic E-state index is 10.7. The number of hydrogen-bond acceptors (Lipinski definition) is 4. The van der Waals surface area contributed by atoms with Crippen molar-refractivity contribution in [3.05, 3.63) is 41.6 Å². The molecular weight excluding hydrogens is 258 g/mol. The minimum absolute atomic E-state index is 0.0510. The van der Waals surface area contributed by atoms with Gasteiger partial charge in [-0.15, -0.1) is 0 Å². The average molecular weight is 275 g/mol. The lowest BCUT2D eigenvalue weighted by molar-refractivity contribution is -0.136. The first-order valence-electron chi connectivity index (χ1n) is 6.31. The Morgan fingerprint density at radius 2 is 2.00 bits per heavy atom. The largest absolute Gasteiger partial charge is 0.481 e. The monoisotopic (exact) mass is 275 g/mol. The van der Waals surface area contributed by atoms with Crippen LogP contribution in [-0.4, -0.2) is 30.3 Å². The fourth-order valence-corrected chi connectivity index (χ4v) is 2.17. The Morgan fingerprint density at radius 3 is 2.65 bits per heavy atom. The summed E-state index contributed by atoms with van der Waals surface area (Å²) in [6, 6.07) is 9.51. The summed E-state index contributed by atoms with van der Waals surface area (Å²) in [6.45, 7) is 0. The number of aromatic nitrogens is 1. The van der Waals surface area contributed by atoms with Gasteiger partial charge in [-0.2, -0.15) is 0 Å². The second-order valence-electron chi connectivity index (χ2n) is 4.42. The number of benzene rings is 1. The van der Waals surface area contributed by atoms with Crippen LogP contribution in [0.2, 0.25) is 0 Å². The molecule has 1 heterocycles. The van der Waals surface area contributed by atoms with Crippen molar-refractivity contribution in [3.8, 4) is 0 Å². The molecule has 1 aromatic heterocycles. The molecule has 106 valence electrons. The number of carboxylic acids is 1. The second kappa shape index (κ2) is 6.45. The highest BCUT2D eigenvalue weighted by molar-refractivity contribution is 5.82. The smallest absolute Gasteiger partial charge is 0.303 e. The Bertz CT molecular complexity index is 608. The van der Waals surface area contributed by atoms with Crippen LogP contribution >= 0.6 is 0 Å². The van der Waals surface area contributed by atoms with E-state index in [2.05, 4.69) is 4.98 Å². The highest BCUT2D eigenvalue weighted by Crippen LogP contribution is 2.27. The van der Waals surface area contributed by atoms with Gasteiger partial charge in [-0.1, -0.05) is 18.2 Å². The Morgan fingerprint density at radius 1 is 1.30 bits per heavy atom. The van der Waals surface area contributed by atoms with E-state index in [0.717, 1.165) is 22.2 Å². The predicted octanol–water partition coefficient (Wildman–Crippen LogP) is 2.54. The van der Waals surface area contributed by atoms with Crippen LogP contribution in [0.15, 0.2) is 30.3 Å². The Balaban J connectivity index is 2.48. The third-order valence-corrected chi connectivity index (χ3v) is 3.08. The quantitative estimate of drug-likeness (QED) is 0.820. The van der Waals surface area contributed by atoms with Gasteiger partial charge in [-0.3, -0.25) is 9.78 Å². The second-order valence-corrected chi connectivity index (χ2v) is 4.42. The van der Waals surface area contributed by atoms with E-state index in [9.17, 15) is 4.79 Å². The van der Waals surface area contributed by atoms with Crippen molar-refractivity contribution in [2.45, 2.75) is 19.1 Å². The molecule has 0 amide bonds. The summed E-state index contributed by atoms with van der Waals surface area (Å²) in [7, 11) is 3.14. The number of hydrogen-bond donors (Lipinski definition) is 1. The number of methoxy groups -OCH3 is 2. The molecule has 0 aliphatic heterocycles. The fourth-order valence-electron chi connectivity index (χ4n) is 2.17. The number of nitrogens with zero attached hydrogens (tertiary/aromatic N) is 1. The van der Waals surface area contributed by atoms with Crippen molar-refractivity contribution in [2.24, 2.45) is 0 Å². The van der Waals surface area contributed by atoms with Crippen LogP contribution in [0, 0.1) is 0 Å². The van der Waals surface area contributed by atoms with Crippen molar-refractivity contribution in [1.82, 2.24) is 4.98 Å². The fraction of sp³-hybridized carbons (Fsp3) is 0.333. The third kappa shape index (κ3) is 3.12. The zero-order valence-electron chi connectivity index (χ0n) is 11.5. The summed E-state index contributed by atoms with van der Waals surface area (Å²) < 4.78 is 10.6. The molecule has 0 aliphatic carbocycles. The van der Waals surface area contributed by atoms with E-state index in [0.29, 0.717) is 6.42 Å². The van der Waals surface area contributed by atoms with Gasteiger partial charge in [0.2, 0.25) is 0 Å². The zero-order valence-corrected chi connectivity index (χ0v) is 11.5. The summed E-state index contributed by atoms with van der Waals surface area (Å²) in [4.78, 5) is 15.2. The summed E-state index contributed by atoms with van der Waals surface area (Å²) in [5.41, 5.74) is 2.39. The van der Waals surface area contributed by atoms with Crippen LogP contribution in [0.25, 0.3) is 10.9 Å². The van der Waals surface area contributed by atoms with Crippen molar-refractivity contribution in [2.75, 3.05) is 14.2 Å². The number of carbonyl (C=O) groups is 1. The minimum Gasteiger partial charge on any atom is -0.481 e. The summed E-state index contributed by atoms with van der Waals surface area (Å²) in [6.07, 6.45) is -0.0607.